The van der Waals surface area contributed by atoms with Crippen LogP contribution in [0, 0.1) is 0 Å². The molecule has 2 aromatic rings. The molecule has 3 N–H and O–H groups in total. The third kappa shape index (κ3) is 5.96. The Labute approximate surface area is 146 Å². The number of carbonyl (C=O) groups excluding carboxylic acids is 2. The van der Waals surface area contributed by atoms with Crippen LogP contribution >= 0.6 is 27.7 Å². The van der Waals surface area contributed by atoms with Gasteiger partial charge in [0.05, 0.1) is 5.75 Å². The van der Waals surface area contributed by atoms with Gasteiger partial charge in [0.25, 0.3) is 5.91 Å². The molecule has 0 saturated carbocycles. The first-order valence-corrected chi connectivity index (χ1v) is 8.70. The number of carbonyl (C=O) groups is 2. The van der Waals surface area contributed by atoms with Gasteiger partial charge in [0, 0.05) is 15.8 Å². The van der Waals surface area contributed by atoms with E-state index in [-0.39, 0.29) is 23.0 Å². The Morgan fingerprint density at radius 3 is 2.61 bits per heavy atom. The van der Waals surface area contributed by atoms with E-state index in [4.69, 9.17) is 0 Å². The van der Waals surface area contributed by atoms with E-state index >= 15 is 0 Å². The third-order valence-electron chi connectivity index (χ3n) is 2.81. The molecule has 0 fully saturated rings. The van der Waals surface area contributed by atoms with Crippen LogP contribution in [0.25, 0.3) is 0 Å². The summed E-state index contributed by atoms with van der Waals surface area (Å²) in [6, 6.07) is 13.8. The molecule has 0 aliphatic rings. The van der Waals surface area contributed by atoms with Gasteiger partial charge < -0.3 is 5.11 Å². The van der Waals surface area contributed by atoms with Crippen LogP contribution in [0.4, 0.5) is 0 Å². The lowest BCUT2D eigenvalue weighted by molar-refractivity contribution is -0.119. The summed E-state index contributed by atoms with van der Waals surface area (Å²) < 4.78 is 0.999. The monoisotopic (exact) mass is 394 g/mol. The molecule has 23 heavy (non-hydrogen) atoms. The van der Waals surface area contributed by atoms with Crippen LogP contribution in [-0.2, 0) is 10.5 Å². The van der Waals surface area contributed by atoms with Crippen molar-refractivity contribution in [1.82, 2.24) is 10.9 Å². The number of phenols is 1. The maximum absolute atomic E-state index is 11.8. The number of thioether (sulfide) groups is 1. The predicted molar refractivity (Wildman–Crippen MR) is 94.0 cm³/mol. The molecule has 0 spiro atoms. The zero-order valence-electron chi connectivity index (χ0n) is 12.1. The summed E-state index contributed by atoms with van der Waals surface area (Å²) in [4.78, 5) is 23.5. The van der Waals surface area contributed by atoms with Crippen molar-refractivity contribution < 1.29 is 14.7 Å². The number of phenolic OH excluding ortho intramolecular Hbond substituents is 1. The lowest BCUT2D eigenvalue weighted by atomic mass is 10.2. The van der Waals surface area contributed by atoms with E-state index in [1.165, 1.54) is 23.9 Å². The quantitative estimate of drug-likeness (QED) is 0.681. The van der Waals surface area contributed by atoms with Crippen LogP contribution in [0.1, 0.15) is 15.9 Å². The van der Waals surface area contributed by atoms with Crippen LogP contribution in [0.15, 0.2) is 53.0 Å². The summed E-state index contributed by atoms with van der Waals surface area (Å²) in [5.74, 6) is 0.151. The molecule has 0 aliphatic heterocycles. The summed E-state index contributed by atoms with van der Waals surface area (Å²) in [7, 11) is 0. The van der Waals surface area contributed by atoms with Crippen molar-refractivity contribution in [3.63, 3.8) is 0 Å². The molecule has 0 heterocycles. The standard InChI is InChI=1S/C16H15BrN2O3S/c17-13-5-1-3-11(7-13)9-23-10-15(21)18-19-16(22)12-4-2-6-14(20)8-12/h1-8,20H,9-10H2,(H,18,21)(H,19,22). The van der Waals surface area contributed by atoms with Gasteiger partial charge in [-0.05, 0) is 35.9 Å². The van der Waals surface area contributed by atoms with Gasteiger partial charge in [-0.3, -0.25) is 20.4 Å². The number of halogens is 1. The predicted octanol–water partition coefficient (Wildman–Crippen LogP) is 2.85. The highest BCUT2D eigenvalue weighted by Gasteiger charge is 2.08. The molecule has 2 rings (SSSR count). The summed E-state index contributed by atoms with van der Waals surface area (Å²) in [5.41, 5.74) is 6.04. The number of rotatable bonds is 5. The van der Waals surface area contributed by atoms with Crippen molar-refractivity contribution in [1.29, 1.82) is 0 Å². The Bertz CT molecular complexity index is 709. The van der Waals surface area contributed by atoms with E-state index in [9.17, 15) is 14.7 Å². The molecule has 0 radical (unpaired) electrons. The molecule has 2 amide bonds. The first-order valence-electron chi connectivity index (χ1n) is 6.75. The fourth-order valence-electron chi connectivity index (χ4n) is 1.77. The molecule has 0 aromatic heterocycles. The first kappa shape index (κ1) is 17.4. The van der Waals surface area contributed by atoms with Crippen molar-refractivity contribution in [2.24, 2.45) is 0 Å². The maximum atomic E-state index is 11.8. The highest BCUT2D eigenvalue weighted by molar-refractivity contribution is 9.10. The van der Waals surface area contributed by atoms with Gasteiger partial charge in [-0.2, -0.15) is 0 Å². The lowest BCUT2D eigenvalue weighted by Gasteiger charge is -2.07. The lowest BCUT2D eigenvalue weighted by Crippen LogP contribution is -2.42. The molecule has 0 aliphatic carbocycles. The Kier molecular flexibility index (Phi) is 6.49. The molecule has 2 aromatic carbocycles. The topological polar surface area (TPSA) is 78.4 Å². The van der Waals surface area contributed by atoms with Gasteiger partial charge in [-0.25, -0.2) is 0 Å². The zero-order chi connectivity index (χ0) is 16.7. The highest BCUT2D eigenvalue weighted by Crippen LogP contribution is 2.16. The van der Waals surface area contributed by atoms with Crippen LogP contribution in [0.2, 0.25) is 0 Å². The Balaban J connectivity index is 1.72. The van der Waals surface area contributed by atoms with Crippen LogP contribution in [-0.4, -0.2) is 22.7 Å². The zero-order valence-corrected chi connectivity index (χ0v) is 14.5. The van der Waals surface area contributed by atoms with Crippen molar-refractivity contribution >= 4 is 39.5 Å². The van der Waals surface area contributed by atoms with Gasteiger partial charge in [0.15, 0.2) is 0 Å². The van der Waals surface area contributed by atoms with Crippen LogP contribution in [0.5, 0.6) is 5.75 Å². The van der Waals surface area contributed by atoms with Crippen molar-refractivity contribution in [2.45, 2.75) is 5.75 Å². The van der Waals surface area contributed by atoms with Gasteiger partial charge in [-0.15, -0.1) is 11.8 Å². The summed E-state index contributed by atoms with van der Waals surface area (Å²) in [5, 5.41) is 9.31. The fraction of sp³-hybridized carbons (Fsp3) is 0.125. The summed E-state index contributed by atoms with van der Waals surface area (Å²) in [6.07, 6.45) is 0. The smallest absolute Gasteiger partial charge is 0.269 e. The second-order valence-electron chi connectivity index (χ2n) is 4.68. The van der Waals surface area contributed by atoms with E-state index in [2.05, 4.69) is 26.8 Å². The minimum Gasteiger partial charge on any atom is -0.508 e. The second-order valence-corrected chi connectivity index (χ2v) is 6.58. The van der Waals surface area contributed by atoms with E-state index in [0.717, 1.165) is 10.0 Å². The van der Waals surface area contributed by atoms with Crippen LogP contribution < -0.4 is 10.9 Å². The molecule has 5 nitrogen and oxygen atoms in total. The Morgan fingerprint density at radius 2 is 1.87 bits per heavy atom. The number of aromatic hydroxyl groups is 1. The Hall–Kier alpha value is -1.99. The minimum atomic E-state index is -0.480. The van der Waals surface area contributed by atoms with E-state index in [0.29, 0.717) is 5.75 Å². The van der Waals surface area contributed by atoms with Crippen molar-refractivity contribution in [3.8, 4) is 5.75 Å². The number of hydrazine groups is 1. The Morgan fingerprint density at radius 1 is 1.09 bits per heavy atom. The average Bonchev–Trinajstić information content (AvgIpc) is 2.52. The molecule has 0 unspecified atom stereocenters. The number of benzene rings is 2. The fourth-order valence-corrected chi connectivity index (χ4v) is 2.99. The molecule has 0 bridgehead atoms. The van der Waals surface area contributed by atoms with Crippen LogP contribution in [0.3, 0.4) is 0 Å². The van der Waals surface area contributed by atoms with Crippen molar-refractivity contribution in [2.75, 3.05) is 5.75 Å². The molecular weight excluding hydrogens is 380 g/mol. The molecule has 120 valence electrons. The van der Waals surface area contributed by atoms with E-state index < -0.39 is 5.91 Å². The molecule has 7 heteroatoms. The second kappa shape index (κ2) is 8.59. The van der Waals surface area contributed by atoms with Crippen molar-refractivity contribution in [3.05, 3.63) is 64.1 Å². The SMILES string of the molecule is O=C(CSCc1cccc(Br)c1)NNC(=O)c1cccc(O)c1. The number of hydrogen-bond donors (Lipinski definition) is 3. The summed E-state index contributed by atoms with van der Waals surface area (Å²) >= 11 is 4.85. The molecule has 0 saturated heterocycles. The normalized spacial score (nSPS) is 10.1. The van der Waals surface area contributed by atoms with Gasteiger partial charge in [0.2, 0.25) is 5.91 Å². The minimum absolute atomic E-state index is 0.00597. The number of amides is 2. The molecule has 0 atom stereocenters. The van der Waals surface area contributed by atoms with E-state index in [1.807, 2.05) is 24.3 Å². The highest BCUT2D eigenvalue weighted by atomic mass is 79.9. The number of hydrogen-bond acceptors (Lipinski definition) is 4. The summed E-state index contributed by atoms with van der Waals surface area (Å²) in [6.45, 7) is 0. The van der Waals surface area contributed by atoms with Gasteiger partial charge in [0.1, 0.15) is 5.75 Å². The average molecular weight is 395 g/mol. The largest absolute Gasteiger partial charge is 0.508 e. The van der Waals surface area contributed by atoms with Gasteiger partial charge >= 0.3 is 0 Å². The molecular formula is C16H15BrN2O3S. The maximum Gasteiger partial charge on any atom is 0.269 e. The third-order valence-corrected chi connectivity index (χ3v) is 4.31. The van der Waals surface area contributed by atoms with Gasteiger partial charge in [-0.1, -0.05) is 34.1 Å². The number of nitrogens with one attached hydrogen (secondary N) is 2. The first-order chi connectivity index (χ1) is 11.0. The van der Waals surface area contributed by atoms with E-state index in [1.54, 1.807) is 12.1 Å².